The molecule has 0 radical (unpaired) electrons. The average molecular weight is 404 g/mol. The number of hydrogen-bond acceptors (Lipinski definition) is 7. The third-order valence-electron chi connectivity index (χ3n) is 3.61. The maximum atomic E-state index is 13.0. The maximum absolute atomic E-state index is 13.0. The van der Waals surface area contributed by atoms with Gasteiger partial charge in [0.05, 0.1) is 0 Å². The Hall–Kier alpha value is -3.87. The van der Waals surface area contributed by atoms with Gasteiger partial charge in [-0.2, -0.15) is 5.21 Å². The average Bonchev–Trinajstić information content (AvgIpc) is 3.22. The van der Waals surface area contributed by atoms with Gasteiger partial charge in [-0.25, -0.2) is 14.3 Å². The molecule has 29 heavy (non-hydrogen) atoms. The van der Waals surface area contributed by atoms with Crippen LogP contribution >= 0.6 is 0 Å². The first kappa shape index (κ1) is 21.4. The van der Waals surface area contributed by atoms with Crippen molar-refractivity contribution in [1.29, 1.82) is 0 Å². The quantitative estimate of drug-likeness (QED) is 0.249. The van der Waals surface area contributed by atoms with Crippen LogP contribution in [-0.2, 0) is 4.79 Å². The van der Waals surface area contributed by atoms with Gasteiger partial charge in [-0.3, -0.25) is 14.8 Å². The number of aromatic nitrogens is 4. The molecule has 0 aliphatic rings. The molecule has 2 rings (SSSR count). The standard InChI is InChI=1S/C17H14F2N6O4/c1-17(28,16(18)19)13(15(27)23-29)20-14(26)11-8-6-10(7-9-11)4-2-3-5-12-21-24-25-22-12/h6-9,13,16,28-29H,1H3,(H,20,26)(H,23,27)(H,21,22,24,25). The highest BCUT2D eigenvalue weighted by molar-refractivity contribution is 5.97. The van der Waals surface area contributed by atoms with Gasteiger partial charge in [-0.1, -0.05) is 11.0 Å². The lowest BCUT2D eigenvalue weighted by atomic mass is 9.95. The number of hydroxylamine groups is 1. The summed E-state index contributed by atoms with van der Waals surface area (Å²) >= 11 is 0. The molecule has 10 nitrogen and oxygen atoms in total. The second-order valence-electron chi connectivity index (χ2n) is 5.72. The molecule has 0 saturated carbocycles. The van der Waals surface area contributed by atoms with Crippen molar-refractivity contribution in [3.63, 3.8) is 0 Å². The van der Waals surface area contributed by atoms with Crippen LogP contribution in [0.5, 0.6) is 0 Å². The largest absolute Gasteiger partial charge is 0.381 e. The summed E-state index contributed by atoms with van der Waals surface area (Å²) in [6.07, 6.45) is -3.36. The molecular formula is C17H14F2N6O4. The van der Waals surface area contributed by atoms with Gasteiger partial charge in [-0.15, -0.1) is 5.10 Å². The number of aliphatic hydroxyl groups is 1. The van der Waals surface area contributed by atoms with Gasteiger partial charge in [0, 0.05) is 11.1 Å². The number of carbonyl (C=O) groups excluding carboxylic acids is 2. The number of nitrogens with one attached hydrogen (secondary N) is 3. The van der Waals surface area contributed by atoms with Gasteiger partial charge in [0.2, 0.25) is 5.82 Å². The Balaban J connectivity index is 2.10. The van der Waals surface area contributed by atoms with Crippen molar-refractivity contribution in [2.75, 3.05) is 0 Å². The predicted molar refractivity (Wildman–Crippen MR) is 92.2 cm³/mol. The molecule has 0 bridgehead atoms. The lowest BCUT2D eigenvalue weighted by Crippen LogP contribution is -2.61. The number of H-pyrrole nitrogens is 1. The molecule has 0 saturated heterocycles. The maximum Gasteiger partial charge on any atom is 0.269 e. The van der Waals surface area contributed by atoms with Crippen LogP contribution in [0.1, 0.15) is 28.7 Å². The Bertz CT molecular complexity index is 985. The van der Waals surface area contributed by atoms with Crippen molar-refractivity contribution in [1.82, 2.24) is 31.4 Å². The number of rotatable bonds is 5. The minimum absolute atomic E-state index is 0.00855. The monoisotopic (exact) mass is 404 g/mol. The zero-order chi connectivity index (χ0) is 21.4. The van der Waals surface area contributed by atoms with Crippen LogP contribution in [0.25, 0.3) is 0 Å². The molecule has 2 atom stereocenters. The van der Waals surface area contributed by atoms with Gasteiger partial charge in [0.1, 0.15) is 6.04 Å². The molecule has 2 unspecified atom stereocenters. The van der Waals surface area contributed by atoms with E-state index in [9.17, 15) is 23.5 Å². The van der Waals surface area contributed by atoms with Crippen LogP contribution in [0.3, 0.4) is 0 Å². The highest BCUT2D eigenvalue weighted by Gasteiger charge is 2.46. The van der Waals surface area contributed by atoms with Crippen LogP contribution in [-0.4, -0.2) is 60.8 Å². The van der Waals surface area contributed by atoms with E-state index in [0.717, 1.165) is 5.48 Å². The third kappa shape index (κ3) is 5.55. The third-order valence-corrected chi connectivity index (χ3v) is 3.61. The van der Waals surface area contributed by atoms with Gasteiger partial charge >= 0.3 is 0 Å². The second-order valence-corrected chi connectivity index (χ2v) is 5.72. The summed E-state index contributed by atoms with van der Waals surface area (Å²) in [5, 5.41) is 33.3. The lowest BCUT2D eigenvalue weighted by Gasteiger charge is -2.30. The summed E-state index contributed by atoms with van der Waals surface area (Å²) < 4.78 is 26.0. The molecule has 0 spiro atoms. The number of alkyl halides is 2. The zero-order valence-corrected chi connectivity index (χ0v) is 14.8. The van der Waals surface area contributed by atoms with E-state index in [1.54, 1.807) is 0 Å². The molecule has 150 valence electrons. The Labute approximate surface area is 162 Å². The minimum Gasteiger partial charge on any atom is -0.381 e. The molecule has 0 aliphatic heterocycles. The van der Waals surface area contributed by atoms with Crippen LogP contribution in [0.4, 0.5) is 8.78 Å². The van der Waals surface area contributed by atoms with Gasteiger partial charge in [0.15, 0.2) is 5.60 Å². The van der Waals surface area contributed by atoms with E-state index in [1.807, 2.05) is 5.32 Å². The van der Waals surface area contributed by atoms with Crippen LogP contribution < -0.4 is 10.8 Å². The predicted octanol–water partition coefficient (Wildman–Crippen LogP) is -0.777. The van der Waals surface area contributed by atoms with Crippen LogP contribution in [0.2, 0.25) is 0 Å². The van der Waals surface area contributed by atoms with Gasteiger partial charge in [-0.05, 0) is 54.2 Å². The van der Waals surface area contributed by atoms with Gasteiger partial charge < -0.3 is 10.4 Å². The number of halogens is 2. The van der Waals surface area contributed by atoms with E-state index in [0.29, 0.717) is 12.5 Å². The molecule has 12 heteroatoms. The summed E-state index contributed by atoms with van der Waals surface area (Å²) in [6, 6.07) is 3.49. The van der Waals surface area contributed by atoms with Crippen LogP contribution in [0.15, 0.2) is 24.3 Å². The first-order valence-corrected chi connectivity index (χ1v) is 7.86. The molecule has 2 amide bonds. The molecule has 5 N–H and O–H groups in total. The number of carbonyl (C=O) groups is 2. The normalized spacial score (nSPS) is 13.2. The SMILES string of the molecule is CC(O)(C(F)F)C(NC(=O)c1ccc(C#CC#Cc2nn[nH]n2)cc1)C(=O)NO. The van der Waals surface area contributed by atoms with E-state index >= 15 is 0 Å². The van der Waals surface area contributed by atoms with Crippen molar-refractivity contribution in [3.8, 4) is 23.7 Å². The minimum atomic E-state index is -3.36. The smallest absolute Gasteiger partial charge is 0.269 e. The van der Waals surface area contributed by atoms with Crippen LogP contribution in [0, 0.1) is 23.7 Å². The molecule has 2 aromatic rings. The van der Waals surface area contributed by atoms with E-state index in [1.165, 1.54) is 24.3 Å². The van der Waals surface area contributed by atoms with Gasteiger partial charge in [0.25, 0.3) is 18.2 Å². The summed E-state index contributed by atoms with van der Waals surface area (Å²) in [4.78, 5) is 23.8. The Kier molecular flexibility index (Phi) is 6.92. The Morgan fingerprint density at radius 3 is 2.41 bits per heavy atom. The lowest BCUT2D eigenvalue weighted by molar-refractivity contribution is -0.149. The van der Waals surface area contributed by atoms with Crippen molar-refractivity contribution in [2.24, 2.45) is 0 Å². The van der Waals surface area contributed by atoms with E-state index < -0.39 is 29.9 Å². The fraction of sp³-hybridized carbons (Fsp3) is 0.235. The number of aromatic amines is 1. The number of hydrogen-bond donors (Lipinski definition) is 5. The Morgan fingerprint density at radius 2 is 1.86 bits per heavy atom. The number of amides is 2. The molecule has 0 aliphatic carbocycles. The van der Waals surface area contributed by atoms with E-state index in [2.05, 4.69) is 44.3 Å². The molecule has 1 aromatic heterocycles. The van der Waals surface area contributed by atoms with Crippen molar-refractivity contribution in [2.45, 2.75) is 25.0 Å². The second kappa shape index (κ2) is 9.36. The van der Waals surface area contributed by atoms with Crippen molar-refractivity contribution in [3.05, 3.63) is 41.2 Å². The molecule has 1 aromatic carbocycles. The summed E-state index contributed by atoms with van der Waals surface area (Å²) in [6.45, 7) is 0.659. The van der Waals surface area contributed by atoms with E-state index in [4.69, 9.17) is 5.21 Å². The summed E-state index contributed by atoms with van der Waals surface area (Å²) in [5.74, 6) is 8.15. The summed E-state index contributed by atoms with van der Waals surface area (Å²) in [7, 11) is 0. The topological polar surface area (TPSA) is 153 Å². The molecular weight excluding hydrogens is 390 g/mol. The van der Waals surface area contributed by atoms with Crippen molar-refractivity contribution < 1.29 is 28.7 Å². The molecule has 1 heterocycles. The first-order chi connectivity index (χ1) is 13.8. The highest BCUT2D eigenvalue weighted by Crippen LogP contribution is 2.20. The number of nitrogens with zero attached hydrogens (tertiary/aromatic N) is 3. The van der Waals surface area contributed by atoms with Crippen molar-refractivity contribution >= 4 is 11.8 Å². The summed E-state index contributed by atoms with van der Waals surface area (Å²) in [5.41, 5.74) is -1.27. The Morgan fingerprint density at radius 1 is 1.21 bits per heavy atom. The highest BCUT2D eigenvalue weighted by atomic mass is 19.3. The van der Waals surface area contributed by atoms with E-state index in [-0.39, 0.29) is 11.4 Å². The number of tetrazole rings is 1. The fourth-order valence-electron chi connectivity index (χ4n) is 1.99. The zero-order valence-electron chi connectivity index (χ0n) is 14.8. The first-order valence-electron chi connectivity index (χ1n) is 7.86. The number of benzene rings is 1. The molecule has 0 fully saturated rings. The fourth-order valence-corrected chi connectivity index (χ4v) is 1.99.